The quantitative estimate of drug-likeness (QED) is 0.477. The number of nitrogens with zero attached hydrogens (tertiary/aromatic N) is 1. The molecular formula is C24H20N2O7. The molecule has 3 aromatic rings. The predicted molar refractivity (Wildman–Crippen MR) is 115 cm³/mol. The van der Waals surface area contributed by atoms with E-state index in [1.807, 2.05) is 0 Å². The first kappa shape index (κ1) is 23.1. The summed E-state index contributed by atoms with van der Waals surface area (Å²) in [6, 6.07) is 20.4. The molecule has 9 nitrogen and oxygen atoms in total. The molecule has 168 valence electrons. The number of esters is 2. The standard InChI is InChI=1S/C24H20N2O7/c27-21(26-15-18-13-7-8-14-25-18)19(32-23(30)16-9-3-1-4-10-16)20(22(28)29)33-24(31)17-11-5-2-6-12-17/h1-14,19-20H,15H2,(H,26,27)(H,28,29)/t19-,20+/m0/s1. The molecule has 0 saturated carbocycles. The number of carboxylic acids is 1. The van der Waals surface area contributed by atoms with Crippen molar-refractivity contribution in [3.63, 3.8) is 0 Å². The highest BCUT2D eigenvalue weighted by Gasteiger charge is 2.40. The minimum atomic E-state index is -2.09. The Labute approximate surface area is 189 Å². The van der Waals surface area contributed by atoms with Gasteiger partial charge in [0.15, 0.2) is 0 Å². The maximum absolute atomic E-state index is 12.9. The van der Waals surface area contributed by atoms with Crippen LogP contribution in [0.15, 0.2) is 85.1 Å². The second-order valence-electron chi connectivity index (χ2n) is 6.76. The van der Waals surface area contributed by atoms with Crippen LogP contribution in [-0.4, -0.2) is 46.1 Å². The Morgan fingerprint density at radius 1 is 0.758 bits per heavy atom. The summed E-state index contributed by atoms with van der Waals surface area (Å²) >= 11 is 0. The number of carboxylic acid groups (broad SMARTS) is 1. The van der Waals surface area contributed by atoms with Crippen LogP contribution in [0.4, 0.5) is 0 Å². The molecule has 2 aromatic carbocycles. The molecule has 1 heterocycles. The van der Waals surface area contributed by atoms with Crippen molar-refractivity contribution in [1.82, 2.24) is 10.3 Å². The predicted octanol–water partition coefficient (Wildman–Crippen LogP) is 2.23. The SMILES string of the molecule is O=C(O[C@H](C(=O)NCc1ccccn1)[C@@H](OC(=O)c1ccccc1)C(=O)O)c1ccccc1. The highest BCUT2D eigenvalue weighted by molar-refractivity contribution is 5.96. The fraction of sp³-hybridized carbons (Fsp3) is 0.125. The molecular weight excluding hydrogens is 428 g/mol. The smallest absolute Gasteiger partial charge is 0.349 e. The van der Waals surface area contributed by atoms with Crippen LogP contribution < -0.4 is 5.32 Å². The van der Waals surface area contributed by atoms with E-state index in [0.717, 1.165) is 0 Å². The summed E-state index contributed by atoms with van der Waals surface area (Å²) in [6.45, 7) is -0.0575. The second kappa shape index (κ2) is 11.2. The van der Waals surface area contributed by atoms with Gasteiger partial charge in [0.2, 0.25) is 12.2 Å². The third-order valence-corrected chi connectivity index (χ3v) is 4.43. The molecule has 0 spiro atoms. The van der Waals surface area contributed by atoms with E-state index in [1.54, 1.807) is 54.6 Å². The van der Waals surface area contributed by atoms with Gasteiger partial charge in [-0.2, -0.15) is 0 Å². The fourth-order valence-electron chi connectivity index (χ4n) is 2.79. The Bertz CT molecular complexity index is 1110. The molecule has 33 heavy (non-hydrogen) atoms. The number of aliphatic carboxylic acids is 1. The van der Waals surface area contributed by atoms with Gasteiger partial charge < -0.3 is 19.9 Å². The first-order chi connectivity index (χ1) is 16.0. The highest BCUT2D eigenvalue weighted by Crippen LogP contribution is 2.14. The van der Waals surface area contributed by atoms with Crippen LogP contribution in [0.3, 0.4) is 0 Å². The lowest BCUT2D eigenvalue weighted by atomic mass is 10.1. The maximum Gasteiger partial charge on any atom is 0.349 e. The minimum absolute atomic E-state index is 0.0575. The molecule has 1 aromatic heterocycles. The summed E-state index contributed by atoms with van der Waals surface area (Å²) in [5.74, 6) is -4.55. The number of hydrogen-bond donors (Lipinski definition) is 2. The van der Waals surface area contributed by atoms with Gasteiger partial charge in [-0.25, -0.2) is 14.4 Å². The lowest BCUT2D eigenvalue weighted by molar-refractivity contribution is -0.159. The van der Waals surface area contributed by atoms with Gasteiger partial charge in [0.25, 0.3) is 5.91 Å². The zero-order valence-corrected chi connectivity index (χ0v) is 17.3. The molecule has 9 heteroatoms. The van der Waals surface area contributed by atoms with Gasteiger partial charge in [-0.3, -0.25) is 9.78 Å². The second-order valence-corrected chi connectivity index (χ2v) is 6.76. The number of nitrogens with one attached hydrogen (secondary N) is 1. The number of rotatable bonds is 9. The molecule has 0 radical (unpaired) electrons. The van der Waals surface area contributed by atoms with Crippen molar-refractivity contribution in [1.29, 1.82) is 0 Å². The molecule has 0 aliphatic heterocycles. The van der Waals surface area contributed by atoms with Gasteiger partial charge in [0.05, 0.1) is 23.4 Å². The normalized spacial score (nSPS) is 12.1. The summed E-state index contributed by atoms with van der Waals surface area (Å²) < 4.78 is 10.3. The number of amides is 1. The summed E-state index contributed by atoms with van der Waals surface area (Å²) in [6.07, 6.45) is -2.52. The van der Waals surface area contributed by atoms with Crippen molar-refractivity contribution in [3.05, 3.63) is 102 Å². The Hall–Kier alpha value is -4.53. The molecule has 2 atom stereocenters. The van der Waals surface area contributed by atoms with E-state index in [1.165, 1.54) is 30.5 Å². The van der Waals surface area contributed by atoms with E-state index in [-0.39, 0.29) is 17.7 Å². The van der Waals surface area contributed by atoms with Crippen molar-refractivity contribution >= 4 is 23.8 Å². The largest absolute Gasteiger partial charge is 0.478 e. The first-order valence-electron chi connectivity index (χ1n) is 9.88. The Morgan fingerprint density at radius 3 is 1.76 bits per heavy atom. The van der Waals surface area contributed by atoms with Crippen LogP contribution in [-0.2, 0) is 25.6 Å². The van der Waals surface area contributed by atoms with E-state index in [0.29, 0.717) is 5.69 Å². The van der Waals surface area contributed by atoms with Gasteiger partial charge in [0.1, 0.15) is 0 Å². The molecule has 0 aliphatic carbocycles. The van der Waals surface area contributed by atoms with E-state index >= 15 is 0 Å². The van der Waals surface area contributed by atoms with Crippen LogP contribution in [0.1, 0.15) is 26.4 Å². The first-order valence-corrected chi connectivity index (χ1v) is 9.88. The van der Waals surface area contributed by atoms with Crippen LogP contribution in [0, 0.1) is 0 Å². The summed E-state index contributed by atoms with van der Waals surface area (Å²) in [7, 11) is 0. The van der Waals surface area contributed by atoms with Crippen LogP contribution in [0.25, 0.3) is 0 Å². The zero-order chi connectivity index (χ0) is 23.6. The van der Waals surface area contributed by atoms with E-state index in [4.69, 9.17) is 9.47 Å². The van der Waals surface area contributed by atoms with Crippen molar-refractivity contribution in [2.24, 2.45) is 0 Å². The third-order valence-electron chi connectivity index (χ3n) is 4.43. The van der Waals surface area contributed by atoms with Crippen molar-refractivity contribution in [2.75, 3.05) is 0 Å². The highest BCUT2D eigenvalue weighted by atomic mass is 16.6. The Kier molecular flexibility index (Phi) is 7.85. The molecule has 0 bridgehead atoms. The number of benzene rings is 2. The van der Waals surface area contributed by atoms with Gasteiger partial charge >= 0.3 is 17.9 Å². The number of aromatic nitrogens is 1. The van der Waals surface area contributed by atoms with E-state index in [9.17, 15) is 24.3 Å². The number of carbonyl (C=O) groups is 4. The molecule has 0 aliphatic rings. The van der Waals surface area contributed by atoms with Crippen molar-refractivity contribution < 1.29 is 33.8 Å². The van der Waals surface area contributed by atoms with Gasteiger partial charge in [-0.1, -0.05) is 42.5 Å². The lowest BCUT2D eigenvalue weighted by Crippen LogP contribution is -2.50. The molecule has 0 unspecified atom stereocenters. The van der Waals surface area contributed by atoms with E-state index < -0.39 is 36.0 Å². The Balaban J connectivity index is 1.83. The molecule has 1 amide bonds. The van der Waals surface area contributed by atoms with Gasteiger partial charge in [-0.15, -0.1) is 0 Å². The minimum Gasteiger partial charge on any atom is -0.478 e. The molecule has 3 rings (SSSR count). The van der Waals surface area contributed by atoms with E-state index in [2.05, 4.69) is 10.3 Å². The summed E-state index contributed by atoms with van der Waals surface area (Å²) in [5, 5.41) is 12.2. The van der Waals surface area contributed by atoms with Gasteiger partial charge in [-0.05, 0) is 36.4 Å². The summed E-state index contributed by atoms with van der Waals surface area (Å²) in [5.41, 5.74) is 0.663. The summed E-state index contributed by atoms with van der Waals surface area (Å²) in [4.78, 5) is 53.9. The van der Waals surface area contributed by atoms with Crippen molar-refractivity contribution in [3.8, 4) is 0 Å². The number of pyridine rings is 1. The average Bonchev–Trinajstić information content (AvgIpc) is 2.86. The van der Waals surface area contributed by atoms with Crippen LogP contribution in [0.2, 0.25) is 0 Å². The number of carbonyl (C=O) groups excluding carboxylic acids is 3. The monoisotopic (exact) mass is 448 g/mol. The molecule has 2 N–H and O–H groups in total. The van der Waals surface area contributed by atoms with Crippen molar-refractivity contribution in [2.45, 2.75) is 18.8 Å². The number of ether oxygens (including phenoxy) is 2. The lowest BCUT2D eigenvalue weighted by Gasteiger charge is -2.23. The average molecular weight is 448 g/mol. The maximum atomic E-state index is 12.9. The van der Waals surface area contributed by atoms with Crippen LogP contribution >= 0.6 is 0 Å². The Morgan fingerprint density at radius 2 is 1.27 bits per heavy atom. The third kappa shape index (κ3) is 6.47. The zero-order valence-electron chi connectivity index (χ0n) is 17.3. The van der Waals surface area contributed by atoms with Crippen LogP contribution in [0.5, 0.6) is 0 Å². The fourth-order valence-corrected chi connectivity index (χ4v) is 2.79. The molecule has 0 fully saturated rings. The topological polar surface area (TPSA) is 132 Å². The number of hydrogen-bond acceptors (Lipinski definition) is 7. The molecule has 0 saturated heterocycles. The van der Waals surface area contributed by atoms with Gasteiger partial charge in [0, 0.05) is 6.20 Å².